The van der Waals surface area contributed by atoms with Gasteiger partial charge in [0, 0.05) is 0 Å². The molecule has 1 atom stereocenters. The molecular weight excluding hydrogens is 436 g/mol. The van der Waals surface area contributed by atoms with Gasteiger partial charge in [-0.25, -0.2) is 9.79 Å². The van der Waals surface area contributed by atoms with Crippen LogP contribution in [0.5, 0.6) is 5.75 Å². The lowest BCUT2D eigenvalue weighted by Crippen LogP contribution is -2.39. The third-order valence-electron chi connectivity index (χ3n) is 5.38. The second-order valence-electron chi connectivity index (χ2n) is 7.65. The third kappa shape index (κ3) is 4.45. The topological polar surface area (TPSA) is 69.9 Å². The van der Waals surface area contributed by atoms with Crippen LogP contribution in [0.3, 0.4) is 0 Å². The molecule has 1 unspecified atom stereocenters. The molecule has 0 saturated carbocycles. The van der Waals surface area contributed by atoms with E-state index in [9.17, 15) is 9.59 Å². The highest BCUT2D eigenvalue weighted by Gasteiger charge is 2.33. The lowest BCUT2D eigenvalue weighted by Gasteiger charge is -2.24. The van der Waals surface area contributed by atoms with Crippen molar-refractivity contribution in [2.75, 3.05) is 13.7 Å². The molecule has 2 aromatic carbocycles. The fourth-order valence-electron chi connectivity index (χ4n) is 3.71. The fraction of sp³-hybridized carbons (Fsp3) is 0.192. The molecule has 168 valence electrons. The van der Waals surface area contributed by atoms with E-state index >= 15 is 0 Å². The maximum atomic E-state index is 13.5. The van der Waals surface area contributed by atoms with Crippen molar-refractivity contribution in [3.8, 4) is 5.75 Å². The van der Waals surface area contributed by atoms with E-state index in [0.717, 1.165) is 16.7 Å². The molecule has 0 fully saturated rings. The van der Waals surface area contributed by atoms with E-state index in [2.05, 4.69) is 11.6 Å². The van der Waals surface area contributed by atoms with Gasteiger partial charge in [0.1, 0.15) is 12.4 Å². The van der Waals surface area contributed by atoms with Gasteiger partial charge in [-0.15, -0.1) is 0 Å². The first-order valence-electron chi connectivity index (χ1n) is 10.4. The highest BCUT2D eigenvalue weighted by Crippen LogP contribution is 2.31. The summed E-state index contributed by atoms with van der Waals surface area (Å²) in [6.45, 7) is 7.45. The molecule has 0 saturated heterocycles. The first-order chi connectivity index (χ1) is 15.9. The Morgan fingerprint density at radius 3 is 2.48 bits per heavy atom. The average Bonchev–Trinajstić information content (AvgIpc) is 3.12. The number of aromatic nitrogens is 1. The van der Waals surface area contributed by atoms with Crippen LogP contribution in [-0.4, -0.2) is 24.3 Å². The number of methoxy groups -OCH3 is 1. The van der Waals surface area contributed by atoms with Gasteiger partial charge in [0.2, 0.25) is 0 Å². The second-order valence-corrected chi connectivity index (χ2v) is 8.66. The number of benzene rings is 2. The number of aryl methyl sites for hydroxylation is 1. The van der Waals surface area contributed by atoms with Gasteiger partial charge in [0.05, 0.1) is 29.0 Å². The van der Waals surface area contributed by atoms with Crippen LogP contribution in [0.15, 0.2) is 82.2 Å². The smallest absolute Gasteiger partial charge is 0.338 e. The number of esters is 1. The lowest BCUT2D eigenvalue weighted by atomic mass is 9.96. The highest BCUT2D eigenvalue weighted by molar-refractivity contribution is 7.07. The van der Waals surface area contributed by atoms with Crippen molar-refractivity contribution in [1.82, 2.24) is 4.57 Å². The van der Waals surface area contributed by atoms with Crippen molar-refractivity contribution in [2.24, 2.45) is 4.99 Å². The van der Waals surface area contributed by atoms with Gasteiger partial charge in [-0.2, -0.15) is 0 Å². The molecule has 3 aromatic rings. The van der Waals surface area contributed by atoms with Gasteiger partial charge in [-0.05, 0) is 43.2 Å². The zero-order valence-corrected chi connectivity index (χ0v) is 19.5. The SMILES string of the molecule is C=CCOC(=O)C1=C(C)N=c2s/c(=C/c3ccc(C)cc3)c(=O)n2C1c1ccc(OC)cc1. The van der Waals surface area contributed by atoms with E-state index in [1.165, 1.54) is 17.4 Å². The van der Waals surface area contributed by atoms with E-state index in [4.69, 9.17) is 9.47 Å². The molecule has 7 heteroatoms. The first kappa shape index (κ1) is 22.5. The molecule has 1 aliphatic heterocycles. The number of hydrogen-bond acceptors (Lipinski definition) is 6. The number of allylic oxidation sites excluding steroid dienone is 1. The normalized spacial score (nSPS) is 15.6. The third-order valence-corrected chi connectivity index (χ3v) is 6.36. The number of carbonyl (C=O) groups is 1. The number of thiazole rings is 1. The van der Waals surface area contributed by atoms with Crippen LogP contribution in [0, 0.1) is 6.92 Å². The Labute approximate surface area is 195 Å². The van der Waals surface area contributed by atoms with Crippen LogP contribution in [0.4, 0.5) is 0 Å². The van der Waals surface area contributed by atoms with Crippen LogP contribution in [0.25, 0.3) is 6.08 Å². The highest BCUT2D eigenvalue weighted by atomic mass is 32.1. The van der Waals surface area contributed by atoms with E-state index in [0.29, 0.717) is 26.4 Å². The van der Waals surface area contributed by atoms with Crippen LogP contribution >= 0.6 is 11.3 Å². The van der Waals surface area contributed by atoms with Crippen molar-refractivity contribution in [2.45, 2.75) is 19.9 Å². The number of hydrogen-bond donors (Lipinski definition) is 0. The fourth-order valence-corrected chi connectivity index (χ4v) is 4.76. The quantitative estimate of drug-likeness (QED) is 0.418. The minimum atomic E-state index is -0.662. The Balaban J connectivity index is 1.91. The Hall–Kier alpha value is -3.71. The van der Waals surface area contributed by atoms with Gasteiger partial charge < -0.3 is 9.47 Å². The van der Waals surface area contributed by atoms with Crippen molar-refractivity contribution >= 4 is 23.4 Å². The minimum Gasteiger partial charge on any atom is -0.497 e. The predicted molar refractivity (Wildman–Crippen MR) is 129 cm³/mol. The van der Waals surface area contributed by atoms with Crippen molar-refractivity contribution < 1.29 is 14.3 Å². The lowest BCUT2D eigenvalue weighted by molar-refractivity contribution is -0.138. The van der Waals surface area contributed by atoms with Crippen molar-refractivity contribution in [3.63, 3.8) is 0 Å². The first-order valence-corrected chi connectivity index (χ1v) is 11.3. The molecule has 0 radical (unpaired) electrons. The summed E-state index contributed by atoms with van der Waals surface area (Å²) in [5, 5.41) is 0. The largest absolute Gasteiger partial charge is 0.497 e. The predicted octanol–water partition coefficient (Wildman–Crippen LogP) is 3.28. The molecule has 1 aliphatic rings. The Bertz CT molecular complexity index is 1410. The number of rotatable bonds is 6. The van der Waals surface area contributed by atoms with Crippen LogP contribution in [-0.2, 0) is 9.53 Å². The molecule has 6 nitrogen and oxygen atoms in total. The molecule has 1 aromatic heterocycles. The van der Waals surface area contributed by atoms with E-state index < -0.39 is 12.0 Å². The number of carbonyl (C=O) groups excluding carboxylic acids is 1. The van der Waals surface area contributed by atoms with Crippen LogP contribution < -0.4 is 19.6 Å². The number of nitrogens with zero attached hydrogens (tertiary/aromatic N) is 2. The Kier molecular flexibility index (Phi) is 6.42. The zero-order valence-electron chi connectivity index (χ0n) is 18.7. The molecule has 0 N–H and O–H groups in total. The summed E-state index contributed by atoms with van der Waals surface area (Å²) < 4.78 is 12.7. The van der Waals surface area contributed by atoms with Crippen molar-refractivity contribution in [3.05, 3.63) is 109 Å². The van der Waals surface area contributed by atoms with E-state index in [1.54, 1.807) is 30.7 Å². The molecular formula is C26H24N2O4S. The van der Waals surface area contributed by atoms with Crippen molar-refractivity contribution in [1.29, 1.82) is 0 Å². The van der Waals surface area contributed by atoms with Gasteiger partial charge >= 0.3 is 5.97 Å². The maximum absolute atomic E-state index is 13.5. The van der Waals surface area contributed by atoms with Gasteiger partial charge in [0.25, 0.3) is 5.56 Å². The Morgan fingerprint density at radius 2 is 1.85 bits per heavy atom. The number of ether oxygens (including phenoxy) is 2. The van der Waals surface area contributed by atoms with Gasteiger partial charge in [0.15, 0.2) is 4.80 Å². The summed E-state index contributed by atoms with van der Waals surface area (Å²) >= 11 is 1.30. The summed E-state index contributed by atoms with van der Waals surface area (Å²) in [6, 6.07) is 14.6. The van der Waals surface area contributed by atoms with E-state index in [1.807, 2.05) is 49.4 Å². The molecule has 0 bridgehead atoms. The zero-order chi connectivity index (χ0) is 23.5. The molecule has 2 heterocycles. The monoisotopic (exact) mass is 460 g/mol. The summed E-state index contributed by atoms with van der Waals surface area (Å²) in [5.74, 6) is 0.159. The summed E-state index contributed by atoms with van der Waals surface area (Å²) in [5.41, 5.74) is 3.48. The van der Waals surface area contributed by atoms with Gasteiger partial charge in [-0.3, -0.25) is 9.36 Å². The average molecular weight is 461 g/mol. The Morgan fingerprint density at radius 1 is 1.15 bits per heavy atom. The summed E-state index contributed by atoms with van der Waals surface area (Å²) in [7, 11) is 1.59. The van der Waals surface area contributed by atoms with Gasteiger partial charge in [-0.1, -0.05) is 66.0 Å². The second kappa shape index (κ2) is 9.42. The standard InChI is InChI=1S/C26H24N2O4S/c1-5-14-32-25(30)22-17(3)27-26-28(23(22)19-10-12-20(31-4)13-11-19)24(29)21(33-26)15-18-8-6-16(2)7-9-18/h5-13,15,23H,1,14H2,2-4H3/b21-15+. The maximum Gasteiger partial charge on any atom is 0.338 e. The summed E-state index contributed by atoms with van der Waals surface area (Å²) in [6.07, 6.45) is 3.36. The molecule has 4 rings (SSSR count). The molecule has 0 aliphatic carbocycles. The van der Waals surface area contributed by atoms with E-state index in [-0.39, 0.29) is 12.2 Å². The molecule has 33 heavy (non-hydrogen) atoms. The minimum absolute atomic E-state index is 0.0722. The molecule has 0 spiro atoms. The van der Waals surface area contributed by atoms with Crippen LogP contribution in [0.1, 0.15) is 29.7 Å². The summed E-state index contributed by atoms with van der Waals surface area (Å²) in [4.78, 5) is 31.7. The molecule has 0 amide bonds. The van der Waals surface area contributed by atoms with Crippen LogP contribution in [0.2, 0.25) is 0 Å². The number of fused-ring (bicyclic) bond motifs is 1.